The fourth-order valence-electron chi connectivity index (χ4n) is 1.51. The van der Waals surface area contributed by atoms with Gasteiger partial charge in [-0.3, -0.25) is 4.72 Å². The number of halogens is 2. The molecule has 7 heteroatoms. The molecule has 0 bridgehead atoms. The van der Waals surface area contributed by atoms with Gasteiger partial charge in [-0.2, -0.15) is 5.26 Å². The van der Waals surface area contributed by atoms with E-state index in [1.165, 1.54) is 30.3 Å². The van der Waals surface area contributed by atoms with Gasteiger partial charge >= 0.3 is 0 Å². The number of nitrogens with one attached hydrogen (secondary N) is 1. The number of benzene rings is 2. The van der Waals surface area contributed by atoms with E-state index in [-0.39, 0.29) is 15.6 Å². The summed E-state index contributed by atoms with van der Waals surface area (Å²) in [6, 6.07) is 12.6. The molecule has 0 atom stereocenters. The van der Waals surface area contributed by atoms with Crippen molar-refractivity contribution < 1.29 is 8.42 Å². The van der Waals surface area contributed by atoms with Crippen molar-refractivity contribution >= 4 is 43.2 Å². The molecule has 2 aromatic rings. The first kappa shape index (κ1) is 14.9. The molecule has 0 aliphatic carbocycles. The molecule has 0 aliphatic rings. The molecule has 102 valence electrons. The molecule has 1 N–H and O–H groups in total. The zero-order chi connectivity index (χ0) is 14.8. The van der Waals surface area contributed by atoms with Gasteiger partial charge in [-0.1, -0.05) is 33.6 Å². The summed E-state index contributed by atoms with van der Waals surface area (Å²) in [6.45, 7) is 0. The summed E-state index contributed by atoms with van der Waals surface area (Å²) < 4.78 is 27.5. The first-order valence-corrected chi connectivity index (χ1v) is 8.06. The summed E-state index contributed by atoms with van der Waals surface area (Å²) in [4.78, 5) is 0.102. The van der Waals surface area contributed by atoms with Crippen LogP contribution in [-0.4, -0.2) is 8.42 Å². The molecule has 4 nitrogen and oxygen atoms in total. The third-order valence-corrected chi connectivity index (χ3v) is 4.63. The zero-order valence-corrected chi connectivity index (χ0v) is 13.1. The summed E-state index contributed by atoms with van der Waals surface area (Å²) in [6.07, 6.45) is 0. The first-order chi connectivity index (χ1) is 9.42. The molecular formula is C13H8BrClN2O2S. The standard InChI is InChI=1S/C13H8BrClN2O2S/c14-10-2-1-3-11(7-10)20(18,19)17-13-6-9(8-16)4-5-12(13)15/h1-7,17H. The Kier molecular flexibility index (Phi) is 4.33. The highest BCUT2D eigenvalue weighted by molar-refractivity contribution is 9.10. The van der Waals surface area contributed by atoms with Crippen LogP contribution in [0.15, 0.2) is 51.8 Å². The quantitative estimate of drug-likeness (QED) is 0.892. The lowest BCUT2D eigenvalue weighted by molar-refractivity contribution is 0.601. The largest absolute Gasteiger partial charge is 0.278 e. The second kappa shape index (κ2) is 5.83. The van der Waals surface area contributed by atoms with E-state index in [9.17, 15) is 8.42 Å². The number of anilines is 1. The van der Waals surface area contributed by atoms with E-state index < -0.39 is 10.0 Å². The van der Waals surface area contributed by atoms with Gasteiger partial charge in [0.25, 0.3) is 10.0 Å². The van der Waals surface area contributed by atoms with Gasteiger partial charge in [0.05, 0.1) is 27.2 Å². The monoisotopic (exact) mass is 370 g/mol. The highest BCUT2D eigenvalue weighted by atomic mass is 79.9. The molecule has 0 spiro atoms. The maximum absolute atomic E-state index is 12.2. The Bertz CT molecular complexity index is 800. The third kappa shape index (κ3) is 3.31. The highest BCUT2D eigenvalue weighted by Crippen LogP contribution is 2.26. The normalized spacial score (nSPS) is 10.8. The fourth-order valence-corrected chi connectivity index (χ4v) is 3.40. The second-order valence-electron chi connectivity index (χ2n) is 3.87. The van der Waals surface area contributed by atoms with Gasteiger partial charge in [-0.05, 0) is 36.4 Å². The van der Waals surface area contributed by atoms with Gasteiger partial charge < -0.3 is 0 Å². The number of hydrogen-bond donors (Lipinski definition) is 1. The van der Waals surface area contributed by atoms with Crippen molar-refractivity contribution in [1.29, 1.82) is 5.26 Å². The maximum Gasteiger partial charge on any atom is 0.261 e. The van der Waals surface area contributed by atoms with Gasteiger partial charge in [0.1, 0.15) is 0 Å². The van der Waals surface area contributed by atoms with Crippen molar-refractivity contribution in [1.82, 2.24) is 0 Å². The summed E-state index contributed by atoms with van der Waals surface area (Å²) in [5.74, 6) is 0. The van der Waals surface area contributed by atoms with E-state index >= 15 is 0 Å². The van der Waals surface area contributed by atoms with Crippen molar-refractivity contribution in [3.8, 4) is 6.07 Å². The predicted molar refractivity (Wildman–Crippen MR) is 81.1 cm³/mol. The Labute approximate surface area is 130 Å². The number of nitriles is 1. The SMILES string of the molecule is N#Cc1ccc(Cl)c(NS(=O)(=O)c2cccc(Br)c2)c1. The lowest BCUT2D eigenvalue weighted by Crippen LogP contribution is -2.13. The molecule has 0 saturated carbocycles. The average molecular weight is 372 g/mol. The second-order valence-corrected chi connectivity index (χ2v) is 6.87. The Morgan fingerprint density at radius 3 is 2.60 bits per heavy atom. The van der Waals surface area contributed by atoms with E-state index in [0.717, 1.165) is 0 Å². The summed E-state index contributed by atoms with van der Waals surface area (Å²) >= 11 is 9.15. The van der Waals surface area contributed by atoms with Gasteiger partial charge in [0.15, 0.2) is 0 Å². The molecule has 20 heavy (non-hydrogen) atoms. The Morgan fingerprint density at radius 2 is 1.95 bits per heavy atom. The number of hydrogen-bond acceptors (Lipinski definition) is 3. The Morgan fingerprint density at radius 1 is 1.20 bits per heavy atom. The molecule has 0 unspecified atom stereocenters. The van der Waals surface area contributed by atoms with Crippen LogP contribution in [0.1, 0.15) is 5.56 Å². The van der Waals surface area contributed by atoms with E-state index in [1.807, 2.05) is 6.07 Å². The molecule has 0 aromatic heterocycles. The highest BCUT2D eigenvalue weighted by Gasteiger charge is 2.16. The number of sulfonamides is 1. The van der Waals surface area contributed by atoms with Crippen molar-refractivity contribution in [3.05, 3.63) is 57.5 Å². The Hall–Kier alpha value is -1.55. The van der Waals surface area contributed by atoms with Crippen LogP contribution in [0.3, 0.4) is 0 Å². The molecule has 0 radical (unpaired) electrons. The van der Waals surface area contributed by atoms with Crippen LogP contribution in [-0.2, 0) is 10.0 Å². The van der Waals surface area contributed by atoms with Crippen LogP contribution < -0.4 is 4.72 Å². The summed E-state index contributed by atoms with van der Waals surface area (Å²) in [5.41, 5.74) is 0.493. The first-order valence-electron chi connectivity index (χ1n) is 5.40. The van der Waals surface area contributed by atoms with E-state index in [0.29, 0.717) is 10.0 Å². The topological polar surface area (TPSA) is 70.0 Å². The summed E-state index contributed by atoms with van der Waals surface area (Å²) in [7, 11) is -3.76. The van der Waals surface area contributed by atoms with Crippen molar-refractivity contribution in [3.63, 3.8) is 0 Å². The molecule has 0 aliphatic heterocycles. The predicted octanol–water partition coefficient (Wildman–Crippen LogP) is 3.77. The smallest absolute Gasteiger partial charge is 0.261 e. The van der Waals surface area contributed by atoms with Crippen molar-refractivity contribution in [2.24, 2.45) is 0 Å². The maximum atomic E-state index is 12.2. The fraction of sp³-hybridized carbons (Fsp3) is 0. The van der Waals surface area contributed by atoms with Crippen LogP contribution in [0.25, 0.3) is 0 Å². The minimum absolute atomic E-state index is 0.102. The van der Waals surface area contributed by atoms with Gasteiger partial charge in [0, 0.05) is 4.47 Å². The molecule has 0 amide bonds. The van der Waals surface area contributed by atoms with E-state index in [2.05, 4.69) is 20.7 Å². The minimum atomic E-state index is -3.76. The van der Waals surface area contributed by atoms with Crippen LogP contribution in [0.5, 0.6) is 0 Å². The summed E-state index contributed by atoms with van der Waals surface area (Å²) in [5, 5.41) is 9.05. The van der Waals surface area contributed by atoms with Crippen molar-refractivity contribution in [2.75, 3.05) is 4.72 Å². The molecule has 2 rings (SSSR count). The van der Waals surface area contributed by atoms with E-state index in [4.69, 9.17) is 16.9 Å². The zero-order valence-electron chi connectivity index (χ0n) is 9.97. The third-order valence-electron chi connectivity index (χ3n) is 2.45. The van der Waals surface area contributed by atoms with Gasteiger partial charge in [-0.25, -0.2) is 8.42 Å². The number of nitrogens with zero attached hydrogens (tertiary/aromatic N) is 1. The van der Waals surface area contributed by atoms with Crippen LogP contribution in [0, 0.1) is 11.3 Å². The lowest BCUT2D eigenvalue weighted by atomic mass is 10.2. The lowest BCUT2D eigenvalue weighted by Gasteiger charge is -2.10. The van der Waals surface area contributed by atoms with Crippen LogP contribution in [0.2, 0.25) is 5.02 Å². The van der Waals surface area contributed by atoms with Crippen molar-refractivity contribution in [2.45, 2.75) is 4.90 Å². The molecule has 0 saturated heterocycles. The molecule has 0 fully saturated rings. The van der Waals surface area contributed by atoms with Gasteiger partial charge in [-0.15, -0.1) is 0 Å². The van der Waals surface area contributed by atoms with E-state index in [1.54, 1.807) is 12.1 Å². The minimum Gasteiger partial charge on any atom is -0.278 e. The number of rotatable bonds is 3. The Balaban J connectivity index is 2.41. The van der Waals surface area contributed by atoms with Gasteiger partial charge in [0.2, 0.25) is 0 Å². The average Bonchev–Trinajstić information content (AvgIpc) is 2.41. The molecule has 0 heterocycles. The van der Waals surface area contributed by atoms with Crippen LogP contribution in [0.4, 0.5) is 5.69 Å². The molecular weight excluding hydrogens is 364 g/mol. The van der Waals surface area contributed by atoms with Crippen LogP contribution >= 0.6 is 27.5 Å². The molecule has 2 aromatic carbocycles.